The molecule has 2 aromatic rings. The van der Waals surface area contributed by atoms with Crippen molar-refractivity contribution in [1.82, 2.24) is 0 Å². The van der Waals surface area contributed by atoms with Crippen LogP contribution in [0.3, 0.4) is 0 Å². The van der Waals surface area contributed by atoms with Crippen molar-refractivity contribution in [1.29, 1.82) is 0 Å². The predicted molar refractivity (Wildman–Crippen MR) is 86.5 cm³/mol. The molecule has 2 rings (SSSR count). The molecule has 23 heavy (non-hydrogen) atoms. The minimum atomic E-state index is -0.914. The highest BCUT2D eigenvalue weighted by atomic mass is 19.1. The number of methoxy groups -OCH3 is 1. The Balaban J connectivity index is 2.83. The van der Waals surface area contributed by atoms with Crippen molar-refractivity contribution in [2.45, 2.75) is 26.0 Å². The first-order valence-electron chi connectivity index (χ1n) is 7.08. The second-order valence-electron chi connectivity index (χ2n) is 5.60. The van der Waals surface area contributed by atoms with E-state index in [1.54, 1.807) is 44.2 Å². The largest absolute Gasteiger partial charge is 0.496 e. The maximum atomic E-state index is 14.3. The third-order valence-electron chi connectivity index (χ3n) is 3.71. The molecule has 0 radical (unpaired) electrons. The van der Waals surface area contributed by atoms with Gasteiger partial charge in [0.2, 0.25) is 0 Å². The van der Waals surface area contributed by atoms with E-state index in [4.69, 9.17) is 10.3 Å². The van der Waals surface area contributed by atoms with Gasteiger partial charge in [-0.2, -0.15) is 0 Å². The van der Waals surface area contributed by atoms with Crippen molar-refractivity contribution < 1.29 is 14.2 Å². The Hall–Kier alpha value is -2.56. The van der Waals surface area contributed by atoms with E-state index in [0.29, 0.717) is 28.0 Å². The van der Waals surface area contributed by atoms with Crippen molar-refractivity contribution in [2.24, 2.45) is 5.11 Å². The molecule has 0 fully saturated rings. The number of aliphatic hydroxyl groups excluding tert-OH is 1. The van der Waals surface area contributed by atoms with E-state index in [1.807, 2.05) is 0 Å². The first-order chi connectivity index (χ1) is 10.9. The number of rotatable bonds is 5. The van der Waals surface area contributed by atoms with Crippen LogP contribution in [0.15, 0.2) is 41.5 Å². The first-order valence-corrected chi connectivity index (χ1v) is 7.08. The van der Waals surface area contributed by atoms with Gasteiger partial charge in [-0.1, -0.05) is 37.2 Å². The maximum absolute atomic E-state index is 14.3. The molecule has 0 aliphatic rings. The summed E-state index contributed by atoms with van der Waals surface area (Å²) >= 11 is 0. The summed E-state index contributed by atoms with van der Waals surface area (Å²) in [5.74, 6) is 0.0653. The van der Waals surface area contributed by atoms with Crippen LogP contribution in [-0.4, -0.2) is 12.2 Å². The van der Waals surface area contributed by atoms with Crippen LogP contribution >= 0.6 is 0 Å². The number of halogens is 1. The third-order valence-corrected chi connectivity index (χ3v) is 3.71. The normalized spacial score (nSPS) is 11.0. The quantitative estimate of drug-likeness (QED) is 0.499. The zero-order valence-electron chi connectivity index (χ0n) is 13.2. The molecule has 0 spiro atoms. The SMILES string of the molecule is COc1cc(-c2ccccc2F)c(C(C)(C)N=[N+]=[N-])cc1CO. The molecule has 0 saturated heterocycles. The summed E-state index contributed by atoms with van der Waals surface area (Å²) in [6, 6.07) is 9.71. The molecule has 6 heteroatoms. The van der Waals surface area contributed by atoms with Crippen molar-refractivity contribution >= 4 is 0 Å². The van der Waals surface area contributed by atoms with E-state index in [0.717, 1.165) is 0 Å². The summed E-state index contributed by atoms with van der Waals surface area (Å²) in [5.41, 5.74) is 10.0. The van der Waals surface area contributed by atoms with E-state index in [2.05, 4.69) is 10.0 Å². The molecule has 1 N–H and O–H groups in total. The Morgan fingerprint density at radius 1 is 1.26 bits per heavy atom. The molecule has 0 unspecified atom stereocenters. The van der Waals surface area contributed by atoms with Gasteiger partial charge in [-0.25, -0.2) is 4.39 Å². The molecule has 120 valence electrons. The van der Waals surface area contributed by atoms with Crippen LogP contribution in [0.25, 0.3) is 21.6 Å². The number of aliphatic hydroxyl groups is 1. The second-order valence-corrected chi connectivity index (χ2v) is 5.60. The van der Waals surface area contributed by atoms with E-state index < -0.39 is 5.54 Å². The maximum Gasteiger partial charge on any atom is 0.131 e. The van der Waals surface area contributed by atoms with Gasteiger partial charge in [0.15, 0.2) is 0 Å². The molecule has 0 saturated carbocycles. The molecule has 0 aromatic heterocycles. The summed E-state index contributed by atoms with van der Waals surface area (Å²) < 4.78 is 19.5. The van der Waals surface area contributed by atoms with Crippen molar-refractivity contribution in [2.75, 3.05) is 7.11 Å². The van der Waals surface area contributed by atoms with Gasteiger partial charge in [0.25, 0.3) is 0 Å². The van der Waals surface area contributed by atoms with Crippen molar-refractivity contribution in [3.05, 3.63) is 63.8 Å². The van der Waals surface area contributed by atoms with Gasteiger partial charge in [0.05, 0.1) is 19.3 Å². The van der Waals surface area contributed by atoms with Crippen LogP contribution in [0.2, 0.25) is 0 Å². The highest BCUT2D eigenvalue weighted by Crippen LogP contribution is 2.39. The fourth-order valence-corrected chi connectivity index (χ4v) is 2.51. The van der Waals surface area contributed by atoms with Crippen LogP contribution in [0.5, 0.6) is 5.75 Å². The van der Waals surface area contributed by atoms with Gasteiger partial charge in [0.1, 0.15) is 11.6 Å². The first kappa shape index (κ1) is 16.8. The summed E-state index contributed by atoms with van der Waals surface area (Å²) in [6.07, 6.45) is 0. The highest BCUT2D eigenvalue weighted by Gasteiger charge is 2.26. The fraction of sp³-hybridized carbons (Fsp3) is 0.294. The van der Waals surface area contributed by atoms with E-state index in [1.165, 1.54) is 13.2 Å². The molecular formula is C17H18FN3O2. The van der Waals surface area contributed by atoms with E-state index in [-0.39, 0.29) is 12.4 Å². The number of hydrogen-bond acceptors (Lipinski definition) is 3. The van der Waals surface area contributed by atoms with Gasteiger partial charge >= 0.3 is 0 Å². The standard InChI is InChI=1S/C17H18FN3O2/c1-17(2,20-21-19)14-8-11(10-22)16(23-3)9-13(14)12-6-4-5-7-15(12)18/h4-9,22H,10H2,1-3H3. The van der Waals surface area contributed by atoms with Crippen LogP contribution < -0.4 is 4.74 Å². The van der Waals surface area contributed by atoms with E-state index >= 15 is 0 Å². The predicted octanol–water partition coefficient (Wildman–Crippen LogP) is 4.54. The number of hydrogen-bond donors (Lipinski definition) is 1. The van der Waals surface area contributed by atoms with Crippen LogP contribution in [-0.2, 0) is 12.1 Å². The zero-order valence-corrected chi connectivity index (χ0v) is 13.2. The minimum absolute atomic E-state index is 0.236. The molecule has 0 amide bonds. The monoisotopic (exact) mass is 315 g/mol. The fourth-order valence-electron chi connectivity index (χ4n) is 2.51. The zero-order chi connectivity index (χ0) is 17.0. The second kappa shape index (κ2) is 6.69. The Labute approximate surface area is 134 Å². The molecule has 0 atom stereocenters. The lowest BCUT2D eigenvalue weighted by molar-refractivity contribution is 0.273. The van der Waals surface area contributed by atoms with Gasteiger partial charge in [0, 0.05) is 16.0 Å². The van der Waals surface area contributed by atoms with Gasteiger partial charge in [-0.05, 0) is 34.9 Å². The van der Waals surface area contributed by atoms with Crippen LogP contribution in [0.1, 0.15) is 25.0 Å². The third kappa shape index (κ3) is 3.28. The molecule has 5 nitrogen and oxygen atoms in total. The number of benzene rings is 2. The van der Waals surface area contributed by atoms with Crippen molar-refractivity contribution in [3.63, 3.8) is 0 Å². The number of nitrogens with zero attached hydrogens (tertiary/aromatic N) is 3. The molecule has 0 heterocycles. The summed E-state index contributed by atoms with van der Waals surface area (Å²) in [4.78, 5) is 2.88. The van der Waals surface area contributed by atoms with Crippen molar-refractivity contribution in [3.8, 4) is 16.9 Å². The Morgan fingerprint density at radius 2 is 1.96 bits per heavy atom. The summed E-state index contributed by atoms with van der Waals surface area (Å²) in [6.45, 7) is 3.24. The summed E-state index contributed by atoms with van der Waals surface area (Å²) in [7, 11) is 1.48. The smallest absolute Gasteiger partial charge is 0.131 e. The lowest BCUT2D eigenvalue weighted by Crippen LogP contribution is -2.15. The topological polar surface area (TPSA) is 78.2 Å². The number of ether oxygens (including phenoxy) is 1. The molecule has 0 aliphatic heterocycles. The Bertz CT molecular complexity index is 768. The van der Waals surface area contributed by atoms with Gasteiger partial charge in [-0.15, -0.1) is 0 Å². The summed E-state index contributed by atoms with van der Waals surface area (Å²) in [5, 5.41) is 13.3. The Kier molecular flexibility index (Phi) is 4.89. The molecule has 0 bridgehead atoms. The van der Waals surface area contributed by atoms with Gasteiger partial charge in [-0.3, -0.25) is 0 Å². The minimum Gasteiger partial charge on any atom is -0.496 e. The molecule has 0 aliphatic carbocycles. The van der Waals surface area contributed by atoms with Gasteiger partial charge < -0.3 is 9.84 Å². The average molecular weight is 315 g/mol. The molecule has 2 aromatic carbocycles. The Morgan fingerprint density at radius 3 is 2.52 bits per heavy atom. The van der Waals surface area contributed by atoms with Crippen LogP contribution in [0.4, 0.5) is 4.39 Å². The molecular weight excluding hydrogens is 297 g/mol. The number of azide groups is 1. The average Bonchev–Trinajstić information content (AvgIpc) is 2.54. The lowest BCUT2D eigenvalue weighted by atomic mass is 9.86. The lowest BCUT2D eigenvalue weighted by Gasteiger charge is -2.24. The van der Waals surface area contributed by atoms with Crippen LogP contribution in [0, 0.1) is 5.82 Å². The van der Waals surface area contributed by atoms with E-state index in [9.17, 15) is 9.50 Å². The highest BCUT2D eigenvalue weighted by molar-refractivity contribution is 5.72.